The molecule has 1 aliphatic heterocycles. The zero-order chi connectivity index (χ0) is 18.7. The summed E-state index contributed by atoms with van der Waals surface area (Å²) in [6.07, 6.45) is 7.01. The fourth-order valence-corrected chi connectivity index (χ4v) is 4.24. The largest absolute Gasteiger partial charge is 0.366 e. The molecule has 142 valence electrons. The van der Waals surface area contributed by atoms with E-state index < -0.39 is 5.91 Å². The topological polar surface area (TPSA) is 84.2 Å². The van der Waals surface area contributed by atoms with Crippen LogP contribution in [0, 0.1) is 11.8 Å². The molecule has 26 heavy (non-hydrogen) atoms. The Kier molecular flexibility index (Phi) is 5.97. The Balaban J connectivity index is 1.61. The van der Waals surface area contributed by atoms with E-state index in [2.05, 4.69) is 24.5 Å². The third-order valence-corrected chi connectivity index (χ3v) is 5.96. The first-order valence-electron chi connectivity index (χ1n) is 9.89. The summed E-state index contributed by atoms with van der Waals surface area (Å²) in [4.78, 5) is 24.1. The van der Waals surface area contributed by atoms with E-state index in [9.17, 15) is 9.59 Å². The van der Waals surface area contributed by atoms with E-state index in [1.807, 2.05) is 12.1 Å². The molecule has 1 aromatic carbocycles. The van der Waals surface area contributed by atoms with Gasteiger partial charge in [-0.25, -0.2) is 0 Å². The van der Waals surface area contributed by atoms with Gasteiger partial charge in [0.1, 0.15) is 0 Å². The molecule has 0 aromatic heterocycles. The van der Waals surface area contributed by atoms with Gasteiger partial charge in [-0.15, -0.1) is 0 Å². The molecule has 1 heterocycles. The van der Waals surface area contributed by atoms with Crippen molar-refractivity contribution in [2.45, 2.75) is 71.0 Å². The number of rotatable bonds is 6. The number of hydrogen-bond donors (Lipinski definition) is 3. The molecule has 2 atom stereocenters. The first kappa shape index (κ1) is 18.9. The number of hydrogen-bond acceptors (Lipinski definition) is 3. The van der Waals surface area contributed by atoms with Crippen molar-refractivity contribution >= 4 is 11.8 Å². The third-order valence-electron chi connectivity index (χ3n) is 5.96. The molecule has 4 N–H and O–H groups in total. The smallest absolute Gasteiger partial charge is 0.248 e. The maximum Gasteiger partial charge on any atom is 0.248 e. The normalized spacial score (nSPS) is 21.4. The van der Waals surface area contributed by atoms with Crippen LogP contribution in [0.3, 0.4) is 0 Å². The lowest BCUT2D eigenvalue weighted by atomic mass is 9.90. The van der Waals surface area contributed by atoms with E-state index in [4.69, 9.17) is 5.73 Å². The lowest BCUT2D eigenvalue weighted by Crippen LogP contribution is -2.51. The molecule has 1 saturated carbocycles. The van der Waals surface area contributed by atoms with E-state index in [1.54, 1.807) is 6.07 Å². The monoisotopic (exact) mass is 357 g/mol. The van der Waals surface area contributed by atoms with Crippen LogP contribution in [0.15, 0.2) is 18.2 Å². The van der Waals surface area contributed by atoms with E-state index in [1.165, 1.54) is 25.7 Å². The van der Waals surface area contributed by atoms with Crippen LogP contribution in [-0.2, 0) is 17.8 Å². The van der Waals surface area contributed by atoms with Crippen molar-refractivity contribution in [1.82, 2.24) is 10.6 Å². The molecule has 0 saturated heterocycles. The maximum absolute atomic E-state index is 12.8. The minimum Gasteiger partial charge on any atom is -0.366 e. The first-order valence-corrected chi connectivity index (χ1v) is 9.89. The second-order valence-corrected chi connectivity index (χ2v) is 8.23. The molecule has 1 aliphatic carbocycles. The SMILES string of the molecule is CC(C)[C@@H](CC1CCCC1)NC(=O)C1Cc2ccc(C(N)=O)cc2CN1. The number of benzene rings is 1. The minimum atomic E-state index is -0.417. The summed E-state index contributed by atoms with van der Waals surface area (Å²) in [5.74, 6) is 0.870. The fraction of sp³-hybridized carbons (Fsp3) is 0.619. The lowest BCUT2D eigenvalue weighted by molar-refractivity contribution is -0.124. The summed E-state index contributed by atoms with van der Waals surface area (Å²) in [7, 11) is 0. The molecule has 0 bridgehead atoms. The maximum atomic E-state index is 12.8. The Morgan fingerprint density at radius 2 is 1.96 bits per heavy atom. The highest BCUT2D eigenvalue weighted by atomic mass is 16.2. The number of primary amides is 1. The molecule has 2 aliphatic rings. The highest BCUT2D eigenvalue weighted by Gasteiger charge is 2.29. The Morgan fingerprint density at radius 1 is 1.23 bits per heavy atom. The average Bonchev–Trinajstić information content (AvgIpc) is 3.13. The van der Waals surface area contributed by atoms with Crippen LogP contribution in [-0.4, -0.2) is 23.9 Å². The van der Waals surface area contributed by atoms with Gasteiger partial charge in [0.05, 0.1) is 6.04 Å². The summed E-state index contributed by atoms with van der Waals surface area (Å²) in [6, 6.07) is 5.53. The predicted molar refractivity (Wildman–Crippen MR) is 103 cm³/mol. The van der Waals surface area contributed by atoms with Crippen molar-refractivity contribution in [2.24, 2.45) is 17.6 Å². The van der Waals surface area contributed by atoms with Gasteiger partial charge in [-0.1, -0.05) is 45.6 Å². The number of carbonyl (C=O) groups excluding carboxylic acids is 2. The highest BCUT2D eigenvalue weighted by Crippen LogP contribution is 2.30. The van der Waals surface area contributed by atoms with Crippen LogP contribution in [0.4, 0.5) is 0 Å². The Morgan fingerprint density at radius 3 is 2.62 bits per heavy atom. The summed E-state index contributed by atoms with van der Waals surface area (Å²) in [6.45, 7) is 4.97. The van der Waals surface area contributed by atoms with Crippen LogP contribution in [0.1, 0.15) is 67.4 Å². The number of amides is 2. The number of nitrogens with one attached hydrogen (secondary N) is 2. The zero-order valence-corrected chi connectivity index (χ0v) is 15.9. The Labute approximate surface area is 156 Å². The van der Waals surface area contributed by atoms with E-state index >= 15 is 0 Å². The number of carbonyl (C=O) groups is 2. The van der Waals surface area contributed by atoms with Crippen LogP contribution in [0.25, 0.3) is 0 Å². The van der Waals surface area contributed by atoms with Gasteiger partial charge in [0.15, 0.2) is 0 Å². The molecular formula is C21H31N3O2. The molecule has 1 fully saturated rings. The van der Waals surface area contributed by atoms with E-state index in [0.29, 0.717) is 24.4 Å². The van der Waals surface area contributed by atoms with Gasteiger partial charge in [0.25, 0.3) is 0 Å². The van der Waals surface area contributed by atoms with E-state index in [0.717, 1.165) is 23.5 Å². The number of nitrogens with two attached hydrogens (primary N) is 1. The summed E-state index contributed by atoms with van der Waals surface area (Å²) in [5, 5.41) is 6.61. The second-order valence-electron chi connectivity index (χ2n) is 8.23. The molecular weight excluding hydrogens is 326 g/mol. The molecule has 5 heteroatoms. The van der Waals surface area contributed by atoms with Crippen molar-refractivity contribution in [3.8, 4) is 0 Å². The summed E-state index contributed by atoms with van der Waals surface area (Å²) >= 11 is 0. The van der Waals surface area contributed by atoms with Crippen LogP contribution in [0.2, 0.25) is 0 Å². The van der Waals surface area contributed by atoms with Gasteiger partial charge in [-0.2, -0.15) is 0 Å². The quantitative estimate of drug-likeness (QED) is 0.731. The van der Waals surface area contributed by atoms with Crippen molar-refractivity contribution in [1.29, 1.82) is 0 Å². The molecule has 1 aromatic rings. The Bertz CT molecular complexity index is 665. The van der Waals surface area contributed by atoms with Crippen molar-refractivity contribution in [3.05, 3.63) is 34.9 Å². The van der Waals surface area contributed by atoms with Crippen LogP contribution >= 0.6 is 0 Å². The molecule has 0 spiro atoms. The van der Waals surface area contributed by atoms with E-state index in [-0.39, 0.29) is 18.0 Å². The molecule has 0 radical (unpaired) electrons. The number of fused-ring (bicyclic) bond motifs is 1. The van der Waals surface area contributed by atoms with Crippen molar-refractivity contribution < 1.29 is 9.59 Å². The zero-order valence-electron chi connectivity index (χ0n) is 15.9. The van der Waals surface area contributed by atoms with Gasteiger partial charge in [0, 0.05) is 18.2 Å². The van der Waals surface area contributed by atoms with Gasteiger partial charge in [0.2, 0.25) is 11.8 Å². The van der Waals surface area contributed by atoms with Crippen LogP contribution in [0.5, 0.6) is 0 Å². The third kappa shape index (κ3) is 4.44. The van der Waals surface area contributed by atoms with Crippen molar-refractivity contribution in [3.63, 3.8) is 0 Å². The highest BCUT2D eigenvalue weighted by molar-refractivity contribution is 5.93. The molecule has 1 unspecified atom stereocenters. The molecule has 5 nitrogen and oxygen atoms in total. The van der Waals surface area contributed by atoms with Crippen LogP contribution < -0.4 is 16.4 Å². The average molecular weight is 357 g/mol. The Hall–Kier alpha value is -1.88. The lowest BCUT2D eigenvalue weighted by Gasteiger charge is -2.30. The summed E-state index contributed by atoms with van der Waals surface area (Å²) in [5.41, 5.74) is 8.04. The van der Waals surface area contributed by atoms with Gasteiger partial charge in [-0.05, 0) is 47.9 Å². The van der Waals surface area contributed by atoms with Gasteiger partial charge >= 0.3 is 0 Å². The van der Waals surface area contributed by atoms with Gasteiger partial charge < -0.3 is 16.4 Å². The minimum absolute atomic E-state index is 0.0892. The van der Waals surface area contributed by atoms with Gasteiger partial charge in [-0.3, -0.25) is 9.59 Å². The fourth-order valence-electron chi connectivity index (χ4n) is 4.24. The standard InChI is InChI=1S/C21H31N3O2/c1-13(2)18(9-14-5-3-4-6-14)24-21(26)19-11-15-7-8-16(20(22)25)10-17(15)12-23-19/h7-8,10,13-14,18-19,23H,3-6,9,11-12H2,1-2H3,(H2,22,25)(H,24,26)/t18-,19?/m1/s1. The molecule has 3 rings (SSSR count). The van der Waals surface area contributed by atoms with Crippen molar-refractivity contribution in [2.75, 3.05) is 0 Å². The second kappa shape index (κ2) is 8.21. The first-order chi connectivity index (χ1) is 12.4. The molecule has 2 amide bonds. The predicted octanol–water partition coefficient (Wildman–Crippen LogP) is 2.52. The summed E-state index contributed by atoms with van der Waals surface area (Å²) < 4.78 is 0.